The molecular weight excluding hydrogens is 176 g/mol. The zero-order chi connectivity index (χ0) is 8.55. The summed E-state index contributed by atoms with van der Waals surface area (Å²) in [6.07, 6.45) is 2.19. The Labute approximate surface area is 75.1 Å². The summed E-state index contributed by atoms with van der Waals surface area (Å²) in [5.41, 5.74) is 1.78. The molecule has 4 heteroatoms. The fourth-order valence-electron chi connectivity index (χ4n) is 1.09. The second kappa shape index (κ2) is 2.75. The predicted octanol–water partition coefficient (Wildman–Crippen LogP) is 1.62. The Kier molecular flexibility index (Phi) is 1.73. The minimum absolute atomic E-state index is 0.395. The zero-order valence-corrected chi connectivity index (χ0v) is 7.14. The van der Waals surface area contributed by atoms with Crippen molar-refractivity contribution in [1.82, 2.24) is 9.97 Å². The molecule has 0 spiro atoms. The van der Waals surface area contributed by atoms with Crippen LogP contribution in [0.3, 0.4) is 0 Å². The summed E-state index contributed by atoms with van der Waals surface area (Å²) in [6.45, 7) is 4.34. The van der Waals surface area contributed by atoms with Gasteiger partial charge in [0.1, 0.15) is 17.5 Å². The number of fused-ring (bicyclic) bond motifs is 1. The maximum atomic E-state index is 5.67. The van der Waals surface area contributed by atoms with E-state index in [-0.39, 0.29) is 0 Å². The standard InChI is InChI=1S/C8H7ClN2O/c1-5-2-6-8(12-4-5)10-3-7(9)11-6/h3H,1-2,4H2. The molecule has 0 fully saturated rings. The Morgan fingerprint density at radius 1 is 1.58 bits per heavy atom. The highest BCUT2D eigenvalue weighted by molar-refractivity contribution is 6.29. The third-order valence-corrected chi connectivity index (χ3v) is 1.79. The Balaban J connectivity index is 2.44. The van der Waals surface area contributed by atoms with Crippen molar-refractivity contribution in [2.45, 2.75) is 6.42 Å². The molecule has 62 valence electrons. The number of nitrogens with zero attached hydrogens (tertiary/aromatic N) is 2. The molecule has 0 aliphatic carbocycles. The van der Waals surface area contributed by atoms with E-state index in [1.807, 2.05) is 0 Å². The maximum Gasteiger partial charge on any atom is 0.236 e. The van der Waals surface area contributed by atoms with Crippen LogP contribution in [0.5, 0.6) is 5.88 Å². The number of hydrogen-bond acceptors (Lipinski definition) is 3. The van der Waals surface area contributed by atoms with Gasteiger partial charge in [0.15, 0.2) is 0 Å². The lowest BCUT2D eigenvalue weighted by Gasteiger charge is -2.16. The van der Waals surface area contributed by atoms with Gasteiger partial charge in [-0.15, -0.1) is 0 Å². The van der Waals surface area contributed by atoms with Gasteiger partial charge in [0, 0.05) is 6.42 Å². The van der Waals surface area contributed by atoms with Crippen molar-refractivity contribution in [3.8, 4) is 5.88 Å². The monoisotopic (exact) mass is 182 g/mol. The van der Waals surface area contributed by atoms with Crippen LogP contribution >= 0.6 is 11.6 Å². The first-order chi connectivity index (χ1) is 5.75. The molecule has 2 rings (SSSR count). The van der Waals surface area contributed by atoms with Gasteiger partial charge in [-0.3, -0.25) is 0 Å². The molecule has 12 heavy (non-hydrogen) atoms. The first-order valence-corrected chi connectivity index (χ1v) is 3.94. The van der Waals surface area contributed by atoms with E-state index in [0.29, 0.717) is 24.1 Å². The first-order valence-electron chi connectivity index (χ1n) is 3.56. The molecule has 1 aliphatic heterocycles. The normalized spacial score (nSPS) is 15.2. The summed E-state index contributed by atoms with van der Waals surface area (Å²) in [7, 11) is 0. The van der Waals surface area contributed by atoms with E-state index in [9.17, 15) is 0 Å². The molecule has 1 aromatic rings. The van der Waals surface area contributed by atoms with Crippen molar-refractivity contribution in [3.63, 3.8) is 0 Å². The molecule has 0 radical (unpaired) electrons. The van der Waals surface area contributed by atoms with Gasteiger partial charge in [0.25, 0.3) is 0 Å². The van der Waals surface area contributed by atoms with E-state index in [2.05, 4.69) is 16.5 Å². The average Bonchev–Trinajstić information content (AvgIpc) is 2.03. The molecule has 0 unspecified atom stereocenters. The fourth-order valence-corrected chi connectivity index (χ4v) is 1.24. The van der Waals surface area contributed by atoms with Crippen LogP contribution in [0.2, 0.25) is 5.15 Å². The molecule has 1 aromatic heterocycles. The van der Waals surface area contributed by atoms with Crippen molar-refractivity contribution in [2.24, 2.45) is 0 Å². The van der Waals surface area contributed by atoms with Crippen LogP contribution in [0.1, 0.15) is 5.69 Å². The topological polar surface area (TPSA) is 35.0 Å². The van der Waals surface area contributed by atoms with Gasteiger partial charge in [-0.2, -0.15) is 0 Å². The highest BCUT2D eigenvalue weighted by Gasteiger charge is 2.15. The Morgan fingerprint density at radius 3 is 3.25 bits per heavy atom. The minimum Gasteiger partial charge on any atom is -0.472 e. The molecule has 0 saturated heterocycles. The Hall–Kier alpha value is -1.09. The molecule has 0 N–H and O–H groups in total. The highest BCUT2D eigenvalue weighted by atomic mass is 35.5. The summed E-state index contributed by atoms with van der Waals surface area (Å²) in [5.74, 6) is 0.576. The number of aromatic nitrogens is 2. The van der Waals surface area contributed by atoms with E-state index in [1.165, 1.54) is 6.20 Å². The van der Waals surface area contributed by atoms with Gasteiger partial charge < -0.3 is 4.74 Å². The Bertz CT molecular complexity index is 338. The summed E-state index contributed by atoms with van der Waals surface area (Å²) >= 11 is 5.67. The van der Waals surface area contributed by atoms with Crippen LogP contribution < -0.4 is 4.74 Å². The first kappa shape index (κ1) is 7.55. The SMILES string of the molecule is C=C1COc2ncc(Cl)nc2C1. The number of ether oxygens (including phenoxy) is 1. The largest absolute Gasteiger partial charge is 0.472 e. The molecular formula is C8H7ClN2O. The van der Waals surface area contributed by atoms with Crippen molar-refractivity contribution in [2.75, 3.05) is 6.61 Å². The van der Waals surface area contributed by atoms with Crippen molar-refractivity contribution < 1.29 is 4.74 Å². The lowest BCUT2D eigenvalue weighted by atomic mass is 10.1. The van der Waals surface area contributed by atoms with Crippen molar-refractivity contribution in [3.05, 3.63) is 29.2 Å². The molecule has 3 nitrogen and oxygen atoms in total. The lowest BCUT2D eigenvalue weighted by molar-refractivity contribution is 0.315. The van der Waals surface area contributed by atoms with Crippen molar-refractivity contribution >= 4 is 11.6 Å². The highest BCUT2D eigenvalue weighted by Crippen LogP contribution is 2.22. The van der Waals surface area contributed by atoms with E-state index in [4.69, 9.17) is 16.3 Å². The minimum atomic E-state index is 0.395. The van der Waals surface area contributed by atoms with E-state index < -0.39 is 0 Å². The van der Waals surface area contributed by atoms with Crippen molar-refractivity contribution in [1.29, 1.82) is 0 Å². The molecule has 2 heterocycles. The fraction of sp³-hybridized carbons (Fsp3) is 0.250. The number of rotatable bonds is 0. The second-order valence-corrected chi connectivity index (χ2v) is 3.05. The number of hydrogen-bond donors (Lipinski definition) is 0. The summed E-state index contributed by atoms with van der Waals surface area (Å²) in [6, 6.07) is 0. The van der Waals surface area contributed by atoms with E-state index >= 15 is 0 Å². The third-order valence-electron chi connectivity index (χ3n) is 1.61. The molecule has 0 atom stereocenters. The maximum absolute atomic E-state index is 5.67. The van der Waals surface area contributed by atoms with Gasteiger partial charge >= 0.3 is 0 Å². The molecule has 0 aromatic carbocycles. The molecule has 0 saturated carbocycles. The lowest BCUT2D eigenvalue weighted by Crippen LogP contribution is -2.13. The zero-order valence-electron chi connectivity index (χ0n) is 6.38. The van der Waals surface area contributed by atoms with Gasteiger partial charge in [-0.1, -0.05) is 18.2 Å². The smallest absolute Gasteiger partial charge is 0.236 e. The van der Waals surface area contributed by atoms with Crippen LogP contribution in [0.25, 0.3) is 0 Å². The Morgan fingerprint density at radius 2 is 2.42 bits per heavy atom. The van der Waals surface area contributed by atoms with E-state index in [0.717, 1.165) is 11.3 Å². The quantitative estimate of drug-likeness (QED) is 0.572. The van der Waals surface area contributed by atoms with Crippen LogP contribution in [0.15, 0.2) is 18.3 Å². The molecule has 1 aliphatic rings. The van der Waals surface area contributed by atoms with Crippen LogP contribution in [-0.4, -0.2) is 16.6 Å². The number of halogens is 1. The molecule has 0 bridgehead atoms. The van der Waals surface area contributed by atoms with Gasteiger partial charge in [0.05, 0.1) is 6.20 Å². The van der Waals surface area contributed by atoms with E-state index in [1.54, 1.807) is 0 Å². The third kappa shape index (κ3) is 1.28. The summed E-state index contributed by atoms with van der Waals surface area (Å²) in [5, 5.41) is 0.395. The summed E-state index contributed by atoms with van der Waals surface area (Å²) in [4.78, 5) is 8.08. The van der Waals surface area contributed by atoms with Crippen LogP contribution in [0, 0.1) is 0 Å². The predicted molar refractivity (Wildman–Crippen MR) is 45.4 cm³/mol. The molecule has 0 amide bonds. The summed E-state index contributed by atoms with van der Waals surface area (Å²) < 4.78 is 5.26. The van der Waals surface area contributed by atoms with Gasteiger partial charge in [-0.05, 0) is 5.57 Å². The van der Waals surface area contributed by atoms with Gasteiger partial charge in [-0.25, -0.2) is 9.97 Å². The van der Waals surface area contributed by atoms with Gasteiger partial charge in [0.2, 0.25) is 5.88 Å². The average molecular weight is 183 g/mol. The second-order valence-electron chi connectivity index (χ2n) is 2.66. The van der Waals surface area contributed by atoms with Crippen LogP contribution in [0.4, 0.5) is 0 Å². The van der Waals surface area contributed by atoms with Crippen LogP contribution in [-0.2, 0) is 6.42 Å².